The summed E-state index contributed by atoms with van der Waals surface area (Å²) in [6, 6.07) is 4.87. The zero-order valence-corrected chi connectivity index (χ0v) is 15.8. The summed E-state index contributed by atoms with van der Waals surface area (Å²) < 4.78 is 14.6. The van der Waals surface area contributed by atoms with Crippen LogP contribution in [0.3, 0.4) is 0 Å². The van der Waals surface area contributed by atoms with E-state index in [2.05, 4.69) is 25.9 Å². The van der Waals surface area contributed by atoms with Gasteiger partial charge in [-0.3, -0.25) is 4.79 Å². The second-order valence-electron chi connectivity index (χ2n) is 6.19. The van der Waals surface area contributed by atoms with E-state index in [-0.39, 0.29) is 11.4 Å². The number of fused-ring (bicyclic) bond motifs is 3. The van der Waals surface area contributed by atoms with Crippen molar-refractivity contribution in [2.75, 3.05) is 0 Å². The Kier molecular flexibility index (Phi) is 4.56. The summed E-state index contributed by atoms with van der Waals surface area (Å²) in [5.74, 6) is 0.133. The molecule has 3 nitrogen and oxygen atoms in total. The Balaban J connectivity index is 1.74. The molecule has 128 valence electrons. The zero-order chi connectivity index (χ0) is 17.4. The smallest absolute Gasteiger partial charge is 0.260 e. The third-order valence-corrected chi connectivity index (χ3v) is 6.16. The molecule has 0 amide bonds. The topological polar surface area (TPSA) is 45.8 Å². The van der Waals surface area contributed by atoms with E-state index in [0.29, 0.717) is 15.9 Å². The van der Waals surface area contributed by atoms with Crippen LogP contribution in [-0.2, 0) is 12.8 Å². The highest BCUT2D eigenvalue weighted by molar-refractivity contribution is 9.10. The summed E-state index contributed by atoms with van der Waals surface area (Å²) in [5.41, 5.74) is 1.54. The first kappa shape index (κ1) is 16.7. The first-order chi connectivity index (χ1) is 12.1. The fraction of sp³-hybridized carbons (Fsp3) is 0.263. The van der Waals surface area contributed by atoms with Gasteiger partial charge in [0.05, 0.1) is 5.39 Å². The second kappa shape index (κ2) is 6.84. The van der Waals surface area contributed by atoms with Crippen LogP contribution in [0.15, 0.2) is 27.5 Å². The van der Waals surface area contributed by atoms with E-state index in [4.69, 9.17) is 0 Å². The van der Waals surface area contributed by atoms with Crippen molar-refractivity contribution in [2.45, 2.75) is 32.1 Å². The molecular weight excluding hydrogens is 403 g/mol. The maximum atomic E-state index is 13.9. The number of halogens is 2. The maximum Gasteiger partial charge on any atom is 0.260 e. The molecule has 2 aromatic heterocycles. The van der Waals surface area contributed by atoms with Crippen molar-refractivity contribution in [3.05, 3.63) is 60.7 Å². The molecule has 2 heterocycles. The van der Waals surface area contributed by atoms with Gasteiger partial charge in [0.25, 0.3) is 5.56 Å². The predicted octanol–water partition coefficient (Wildman–Crippen LogP) is 5.33. The van der Waals surface area contributed by atoms with Gasteiger partial charge in [-0.1, -0.05) is 28.4 Å². The lowest BCUT2D eigenvalue weighted by Gasteiger charge is -1.99. The Labute approximate surface area is 156 Å². The van der Waals surface area contributed by atoms with E-state index >= 15 is 0 Å². The first-order valence-electron chi connectivity index (χ1n) is 8.29. The van der Waals surface area contributed by atoms with E-state index in [1.54, 1.807) is 35.6 Å². The van der Waals surface area contributed by atoms with Crippen molar-refractivity contribution in [2.24, 2.45) is 0 Å². The van der Waals surface area contributed by atoms with Crippen LogP contribution in [0.5, 0.6) is 0 Å². The Morgan fingerprint density at radius 2 is 2.04 bits per heavy atom. The number of hydrogen-bond donors (Lipinski definition) is 1. The Morgan fingerprint density at radius 1 is 1.20 bits per heavy atom. The number of benzene rings is 1. The van der Waals surface area contributed by atoms with E-state index < -0.39 is 0 Å². The number of nitrogens with zero attached hydrogens (tertiary/aromatic N) is 1. The number of hydrogen-bond acceptors (Lipinski definition) is 3. The van der Waals surface area contributed by atoms with Gasteiger partial charge in [-0.15, -0.1) is 11.3 Å². The Morgan fingerprint density at radius 3 is 2.88 bits per heavy atom. The third-order valence-electron chi connectivity index (χ3n) is 4.48. The largest absolute Gasteiger partial charge is 0.306 e. The Hall–Kier alpha value is -1.79. The molecule has 1 aliphatic rings. The summed E-state index contributed by atoms with van der Waals surface area (Å²) in [6.45, 7) is 0. The van der Waals surface area contributed by atoms with Crippen LogP contribution in [-0.4, -0.2) is 9.97 Å². The van der Waals surface area contributed by atoms with Crippen LogP contribution in [0.1, 0.15) is 41.1 Å². The SMILES string of the molecule is O=c1[nH]c(/C=C/c2ccc(Br)cc2F)nc2sc3c(c12)CCCCC3. The average molecular weight is 419 g/mol. The molecule has 3 aromatic rings. The number of aromatic amines is 1. The van der Waals surface area contributed by atoms with Gasteiger partial charge >= 0.3 is 0 Å². The van der Waals surface area contributed by atoms with Crippen LogP contribution < -0.4 is 5.56 Å². The molecule has 6 heteroatoms. The molecule has 0 saturated heterocycles. The molecule has 1 aliphatic carbocycles. The highest BCUT2D eigenvalue weighted by Gasteiger charge is 2.18. The molecule has 0 radical (unpaired) electrons. The molecule has 0 atom stereocenters. The predicted molar refractivity (Wildman–Crippen MR) is 105 cm³/mol. The minimum absolute atomic E-state index is 0.0969. The highest BCUT2D eigenvalue weighted by Crippen LogP contribution is 2.32. The number of H-pyrrole nitrogens is 1. The average Bonchev–Trinajstić information content (AvgIpc) is 2.76. The molecule has 0 aliphatic heterocycles. The van der Waals surface area contributed by atoms with E-state index in [1.165, 1.54) is 29.3 Å². The fourth-order valence-electron chi connectivity index (χ4n) is 3.24. The molecule has 1 N–H and O–H groups in total. The molecule has 0 unspecified atom stereocenters. The van der Waals surface area contributed by atoms with Crippen molar-refractivity contribution in [3.63, 3.8) is 0 Å². The Bertz CT molecular complexity index is 1040. The van der Waals surface area contributed by atoms with Gasteiger partial charge in [-0.25, -0.2) is 9.37 Å². The second-order valence-corrected chi connectivity index (χ2v) is 8.19. The summed E-state index contributed by atoms with van der Waals surface area (Å²) >= 11 is 4.86. The number of nitrogens with one attached hydrogen (secondary N) is 1. The lowest BCUT2D eigenvalue weighted by molar-refractivity contribution is 0.624. The van der Waals surface area contributed by atoms with E-state index in [0.717, 1.165) is 29.5 Å². The standard InChI is InChI=1S/C19H16BrFN2OS/c20-12-8-6-11(14(21)10-12)7-9-16-22-18(24)17-13-4-2-1-3-5-15(13)25-19(17)23-16/h6-10H,1-5H2,(H,22,23,24)/b9-7+. The molecule has 1 aromatic carbocycles. The first-order valence-corrected chi connectivity index (χ1v) is 9.90. The van der Waals surface area contributed by atoms with Gasteiger partial charge in [-0.05, 0) is 55.5 Å². The minimum atomic E-state index is -0.322. The van der Waals surface area contributed by atoms with Crippen LogP contribution in [0.25, 0.3) is 22.4 Å². The summed E-state index contributed by atoms with van der Waals surface area (Å²) in [6.07, 6.45) is 8.79. The molecule has 25 heavy (non-hydrogen) atoms. The number of rotatable bonds is 2. The highest BCUT2D eigenvalue weighted by atomic mass is 79.9. The number of aryl methyl sites for hydroxylation is 2. The number of aromatic nitrogens is 2. The molecule has 0 saturated carbocycles. The maximum absolute atomic E-state index is 13.9. The summed E-state index contributed by atoms with van der Waals surface area (Å²) in [4.78, 5) is 22.1. The van der Waals surface area contributed by atoms with Crippen LogP contribution >= 0.6 is 27.3 Å². The molecule has 0 fully saturated rings. The van der Waals surface area contributed by atoms with E-state index in [1.807, 2.05) is 0 Å². The van der Waals surface area contributed by atoms with Crippen molar-refractivity contribution >= 4 is 49.6 Å². The van der Waals surface area contributed by atoms with Gasteiger partial charge in [0.15, 0.2) is 0 Å². The van der Waals surface area contributed by atoms with E-state index in [9.17, 15) is 9.18 Å². The van der Waals surface area contributed by atoms with Crippen LogP contribution in [0, 0.1) is 5.82 Å². The van der Waals surface area contributed by atoms with Crippen molar-refractivity contribution < 1.29 is 4.39 Å². The van der Waals surface area contributed by atoms with Crippen LogP contribution in [0.2, 0.25) is 0 Å². The van der Waals surface area contributed by atoms with Gasteiger partial charge in [0.2, 0.25) is 0 Å². The van der Waals surface area contributed by atoms with Gasteiger partial charge < -0.3 is 4.98 Å². The zero-order valence-electron chi connectivity index (χ0n) is 13.4. The summed E-state index contributed by atoms with van der Waals surface area (Å²) in [5, 5.41) is 0.744. The lowest BCUT2D eigenvalue weighted by Crippen LogP contribution is -2.10. The van der Waals surface area contributed by atoms with Crippen molar-refractivity contribution in [1.82, 2.24) is 9.97 Å². The quantitative estimate of drug-likeness (QED) is 0.571. The third kappa shape index (κ3) is 3.33. The number of thiophene rings is 1. The molecule has 0 spiro atoms. The molecular formula is C19H16BrFN2OS. The fourth-order valence-corrected chi connectivity index (χ4v) is 4.84. The monoisotopic (exact) mass is 418 g/mol. The van der Waals surface area contributed by atoms with Crippen molar-refractivity contribution in [3.8, 4) is 0 Å². The molecule has 0 bridgehead atoms. The lowest BCUT2D eigenvalue weighted by atomic mass is 10.1. The van der Waals surface area contributed by atoms with Gasteiger partial charge in [0, 0.05) is 14.9 Å². The minimum Gasteiger partial charge on any atom is -0.306 e. The van der Waals surface area contributed by atoms with Crippen molar-refractivity contribution in [1.29, 1.82) is 0 Å². The van der Waals surface area contributed by atoms with Gasteiger partial charge in [0.1, 0.15) is 16.5 Å². The van der Waals surface area contributed by atoms with Gasteiger partial charge in [-0.2, -0.15) is 0 Å². The molecule has 4 rings (SSSR count). The summed E-state index contributed by atoms with van der Waals surface area (Å²) in [7, 11) is 0. The van der Waals surface area contributed by atoms with Crippen LogP contribution in [0.4, 0.5) is 4.39 Å². The normalized spacial score (nSPS) is 14.8.